The molecule has 1 aromatic carbocycles. The van der Waals surface area contributed by atoms with Crippen molar-refractivity contribution in [2.24, 2.45) is 5.92 Å². The summed E-state index contributed by atoms with van der Waals surface area (Å²) in [4.78, 5) is 12.2. The number of nitrogens with one attached hydrogen (secondary N) is 1. The van der Waals surface area contributed by atoms with E-state index in [9.17, 15) is 9.18 Å². The molecule has 21 heavy (non-hydrogen) atoms. The van der Waals surface area contributed by atoms with Gasteiger partial charge in [0.05, 0.1) is 16.9 Å². The molecule has 2 aromatic rings. The normalized spacial score (nSPS) is 11.0. The van der Waals surface area contributed by atoms with Gasteiger partial charge in [-0.25, -0.2) is 9.07 Å². The summed E-state index contributed by atoms with van der Waals surface area (Å²) in [6, 6.07) is 4.24. The third-order valence-corrected chi connectivity index (χ3v) is 3.78. The van der Waals surface area contributed by atoms with Gasteiger partial charge in [0.1, 0.15) is 10.3 Å². The van der Waals surface area contributed by atoms with Crippen LogP contribution in [0.25, 0.3) is 0 Å². The summed E-state index contributed by atoms with van der Waals surface area (Å²) >= 11 is 8.99. The van der Waals surface area contributed by atoms with Crippen molar-refractivity contribution in [2.75, 3.05) is 5.32 Å². The number of hydrogen-bond donors (Lipinski definition) is 1. The molecule has 1 N–H and O–H groups in total. The molecule has 0 amide bonds. The SMILES string of the molecule is CC(C)Cn1ncc(Nc2ccc(F)c(Cl)c2)c(Br)c1=O. The van der Waals surface area contributed by atoms with E-state index in [0.717, 1.165) is 0 Å². The zero-order chi connectivity index (χ0) is 15.6. The Balaban J connectivity index is 2.31. The second kappa shape index (κ2) is 6.58. The third kappa shape index (κ3) is 3.83. The highest BCUT2D eigenvalue weighted by molar-refractivity contribution is 9.10. The highest BCUT2D eigenvalue weighted by Gasteiger charge is 2.10. The Morgan fingerprint density at radius 3 is 2.81 bits per heavy atom. The number of hydrogen-bond acceptors (Lipinski definition) is 3. The Bertz CT molecular complexity index is 718. The maximum atomic E-state index is 13.1. The molecule has 0 atom stereocenters. The van der Waals surface area contributed by atoms with Crippen LogP contribution in [0.4, 0.5) is 15.8 Å². The molecule has 0 saturated carbocycles. The molecule has 0 bridgehead atoms. The molecule has 7 heteroatoms. The Labute approximate surface area is 135 Å². The molecule has 0 radical (unpaired) electrons. The topological polar surface area (TPSA) is 46.9 Å². The van der Waals surface area contributed by atoms with E-state index in [1.807, 2.05) is 13.8 Å². The smallest absolute Gasteiger partial charge is 0.283 e. The van der Waals surface area contributed by atoms with Crippen LogP contribution >= 0.6 is 27.5 Å². The summed E-state index contributed by atoms with van der Waals surface area (Å²) in [7, 11) is 0. The van der Waals surface area contributed by atoms with Crippen molar-refractivity contribution >= 4 is 38.9 Å². The van der Waals surface area contributed by atoms with E-state index < -0.39 is 5.82 Å². The molecule has 2 rings (SSSR count). The van der Waals surface area contributed by atoms with Crippen LogP contribution in [0.2, 0.25) is 5.02 Å². The Morgan fingerprint density at radius 1 is 1.48 bits per heavy atom. The first-order valence-corrected chi connectivity index (χ1v) is 7.53. The van der Waals surface area contributed by atoms with Gasteiger partial charge in [-0.15, -0.1) is 0 Å². The predicted molar refractivity (Wildman–Crippen MR) is 85.7 cm³/mol. The first kappa shape index (κ1) is 16.0. The lowest BCUT2D eigenvalue weighted by molar-refractivity contribution is 0.463. The van der Waals surface area contributed by atoms with Crippen molar-refractivity contribution in [3.63, 3.8) is 0 Å². The summed E-state index contributed by atoms with van der Waals surface area (Å²) in [6.07, 6.45) is 1.55. The highest BCUT2D eigenvalue weighted by Crippen LogP contribution is 2.25. The van der Waals surface area contributed by atoms with Gasteiger partial charge in [-0.1, -0.05) is 25.4 Å². The number of anilines is 2. The van der Waals surface area contributed by atoms with E-state index in [0.29, 0.717) is 28.3 Å². The van der Waals surface area contributed by atoms with Crippen molar-refractivity contribution in [1.29, 1.82) is 0 Å². The zero-order valence-corrected chi connectivity index (χ0v) is 13.9. The lowest BCUT2D eigenvalue weighted by Gasteiger charge is -2.12. The van der Waals surface area contributed by atoms with Gasteiger partial charge in [0, 0.05) is 12.2 Å². The van der Waals surface area contributed by atoms with Crippen molar-refractivity contribution < 1.29 is 4.39 Å². The number of halogens is 3. The molecular weight excluding hydrogens is 361 g/mol. The average molecular weight is 375 g/mol. The Kier molecular flexibility index (Phi) is 5.00. The quantitative estimate of drug-likeness (QED) is 0.872. The maximum absolute atomic E-state index is 13.1. The third-order valence-electron chi connectivity index (χ3n) is 2.72. The van der Waals surface area contributed by atoms with Crippen LogP contribution in [0.5, 0.6) is 0 Å². The van der Waals surface area contributed by atoms with E-state index in [1.165, 1.54) is 22.9 Å². The van der Waals surface area contributed by atoms with Crippen LogP contribution in [0, 0.1) is 11.7 Å². The highest BCUT2D eigenvalue weighted by atomic mass is 79.9. The van der Waals surface area contributed by atoms with E-state index in [-0.39, 0.29) is 10.6 Å². The van der Waals surface area contributed by atoms with Gasteiger partial charge in [-0.3, -0.25) is 4.79 Å². The fraction of sp³-hybridized carbons (Fsp3) is 0.286. The molecule has 0 aliphatic rings. The molecule has 1 aromatic heterocycles. The summed E-state index contributed by atoms with van der Waals surface area (Å²) < 4.78 is 14.9. The average Bonchev–Trinajstić information content (AvgIpc) is 2.42. The Hall–Kier alpha value is -1.40. The number of benzene rings is 1. The molecule has 1 heterocycles. The van der Waals surface area contributed by atoms with Gasteiger partial charge >= 0.3 is 0 Å². The number of aromatic nitrogens is 2. The van der Waals surface area contributed by atoms with Gasteiger partial charge in [0.25, 0.3) is 5.56 Å². The summed E-state index contributed by atoms with van der Waals surface area (Å²) in [6.45, 7) is 4.56. The standard InChI is InChI=1S/C14H14BrClFN3O/c1-8(2)7-20-14(21)13(15)12(6-18-20)19-9-3-4-11(17)10(16)5-9/h3-6,8,19H,7H2,1-2H3. The van der Waals surface area contributed by atoms with Crippen LogP contribution in [-0.2, 0) is 6.54 Å². The van der Waals surface area contributed by atoms with Crippen molar-refractivity contribution in [3.8, 4) is 0 Å². The first-order valence-electron chi connectivity index (χ1n) is 6.36. The van der Waals surface area contributed by atoms with Crippen molar-refractivity contribution in [2.45, 2.75) is 20.4 Å². The van der Waals surface area contributed by atoms with Crippen molar-refractivity contribution in [3.05, 3.63) is 50.1 Å². The largest absolute Gasteiger partial charge is 0.353 e. The minimum Gasteiger partial charge on any atom is -0.353 e. The summed E-state index contributed by atoms with van der Waals surface area (Å²) in [5, 5.41) is 7.12. The van der Waals surface area contributed by atoms with Gasteiger partial charge in [0.15, 0.2) is 0 Å². The second-order valence-electron chi connectivity index (χ2n) is 5.01. The number of rotatable bonds is 4. The number of nitrogens with zero attached hydrogens (tertiary/aromatic N) is 2. The van der Waals surface area contributed by atoms with Gasteiger partial charge < -0.3 is 5.32 Å². The lowest BCUT2D eigenvalue weighted by atomic mass is 10.2. The summed E-state index contributed by atoms with van der Waals surface area (Å²) in [5.41, 5.74) is 0.856. The van der Waals surface area contributed by atoms with Crippen LogP contribution < -0.4 is 10.9 Å². The fourth-order valence-corrected chi connectivity index (χ4v) is 2.34. The summed E-state index contributed by atoms with van der Waals surface area (Å²) in [5.74, 6) is -0.177. The maximum Gasteiger partial charge on any atom is 0.283 e. The Morgan fingerprint density at radius 2 is 2.19 bits per heavy atom. The molecule has 0 aliphatic heterocycles. The molecule has 112 valence electrons. The fourth-order valence-electron chi connectivity index (χ4n) is 1.76. The zero-order valence-electron chi connectivity index (χ0n) is 11.5. The molecule has 4 nitrogen and oxygen atoms in total. The molecule has 0 unspecified atom stereocenters. The van der Waals surface area contributed by atoms with Crippen LogP contribution in [-0.4, -0.2) is 9.78 Å². The van der Waals surface area contributed by atoms with Gasteiger partial charge in [0.2, 0.25) is 0 Å². The van der Waals surface area contributed by atoms with Crippen molar-refractivity contribution in [1.82, 2.24) is 9.78 Å². The monoisotopic (exact) mass is 373 g/mol. The first-order chi connectivity index (χ1) is 9.88. The molecule has 0 fully saturated rings. The van der Waals surface area contributed by atoms with E-state index in [2.05, 4.69) is 26.3 Å². The van der Waals surface area contributed by atoms with Crippen LogP contribution in [0.15, 0.2) is 33.7 Å². The van der Waals surface area contributed by atoms with Crippen LogP contribution in [0.3, 0.4) is 0 Å². The minimum atomic E-state index is -0.494. The van der Waals surface area contributed by atoms with E-state index in [4.69, 9.17) is 11.6 Å². The van der Waals surface area contributed by atoms with E-state index in [1.54, 1.807) is 6.20 Å². The van der Waals surface area contributed by atoms with Gasteiger partial charge in [-0.2, -0.15) is 5.10 Å². The van der Waals surface area contributed by atoms with Crippen LogP contribution in [0.1, 0.15) is 13.8 Å². The molecular formula is C14H14BrClFN3O. The van der Waals surface area contributed by atoms with Gasteiger partial charge in [-0.05, 0) is 40.0 Å². The second-order valence-corrected chi connectivity index (χ2v) is 6.21. The lowest BCUT2D eigenvalue weighted by Crippen LogP contribution is -2.26. The molecule has 0 spiro atoms. The molecule has 0 saturated heterocycles. The van der Waals surface area contributed by atoms with E-state index >= 15 is 0 Å². The minimum absolute atomic E-state index is 0.0113. The predicted octanol–water partition coefficient (Wildman–Crippen LogP) is 4.20. The molecule has 0 aliphatic carbocycles.